The quantitative estimate of drug-likeness (QED) is 0.769. The van der Waals surface area contributed by atoms with Gasteiger partial charge in [-0.25, -0.2) is 0 Å². The molecule has 1 N–H and O–H groups in total. The van der Waals surface area contributed by atoms with E-state index in [2.05, 4.69) is 25.2 Å². The van der Waals surface area contributed by atoms with Crippen molar-refractivity contribution in [3.63, 3.8) is 0 Å². The van der Waals surface area contributed by atoms with E-state index in [1.165, 1.54) is 38.5 Å². The second kappa shape index (κ2) is 3.97. The maximum Gasteiger partial charge on any atom is 0.0622 e. The van der Waals surface area contributed by atoms with Gasteiger partial charge in [0.05, 0.1) is 6.07 Å². The first-order valence-electron chi connectivity index (χ1n) is 7.59. The zero-order valence-corrected chi connectivity index (χ0v) is 11.9. The summed E-state index contributed by atoms with van der Waals surface area (Å²) in [5, 5.41) is 12.5. The molecule has 4 rings (SSSR count). The first kappa shape index (κ1) is 12.5. The highest BCUT2D eigenvalue weighted by molar-refractivity contribution is 5.14. The Balaban J connectivity index is 1.71. The van der Waals surface area contributed by atoms with Crippen LogP contribution in [-0.2, 0) is 0 Å². The molecule has 2 atom stereocenters. The Labute approximate surface area is 111 Å². The summed E-state index contributed by atoms with van der Waals surface area (Å²) in [6, 6.07) is 2.25. The molecule has 0 aromatic rings. The molecule has 0 spiro atoms. The van der Waals surface area contributed by atoms with E-state index < -0.39 is 0 Å². The van der Waals surface area contributed by atoms with Crippen LogP contribution in [0.15, 0.2) is 0 Å². The fraction of sp³-hybridized carbons (Fsp3) is 0.938. The molecule has 4 fully saturated rings. The average molecular weight is 246 g/mol. The molecule has 18 heavy (non-hydrogen) atoms. The Kier molecular flexibility index (Phi) is 2.75. The SMILES string of the molecule is CC12CC3CC(C)(C1)CC(NCCCC#N)(C3)C2. The van der Waals surface area contributed by atoms with Crippen LogP contribution >= 0.6 is 0 Å². The fourth-order valence-electron chi connectivity index (χ4n) is 6.17. The average Bonchev–Trinajstić information content (AvgIpc) is 2.19. The van der Waals surface area contributed by atoms with Gasteiger partial charge in [0.25, 0.3) is 0 Å². The smallest absolute Gasteiger partial charge is 0.0622 e. The highest BCUT2D eigenvalue weighted by Gasteiger charge is 2.59. The van der Waals surface area contributed by atoms with Crippen molar-refractivity contribution in [3.8, 4) is 6.07 Å². The summed E-state index contributed by atoms with van der Waals surface area (Å²) in [4.78, 5) is 0. The topological polar surface area (TPSA) is 35.8 Å². The van der Waals surface area contributed by atoms with E-state index in [1.807, 2.05) is 0 Å². The van der Waals surface area contributed by atoms with E-state index in [-0.39, 0.29) is 0 Å². The summed E-state index contributed by atoms with van der Waals surface area (Å²) in [5.74, 6) is 0.958. The molecule has 4 saturated carbocycles. The molecule has 0 heterocycles. The second-order valence-corrected chi connectivity index (χ2v) is 8.10. The molecule has 0 saturated heterocycles. The lowest BCUT2D eigenvalue weighted by atomic mass is 9.43. The molecule has 4 aliphatic carbocycles. The predicted octanol–water partition coefficient (Wildman–Crippen LogP) is 3.63. The molecule has 4 aliphatic rings. The summed E-state index contributed by atoms with van der Waals surface area (Å²) in [6.45, 7) is 6.06. The van der Waals surface area contributed by atoms with E-state index in [4.69, 9.17) is 5.26 Å². The first-order chi connectivity index (χ1) is 8.47. The highest BCUT2D eigenvalue weighted by atomic mass is 15.0. The van der Waals surface area contributed by atoms with Gasteiger partial charge in [-0.2, -0.15) is 5.26 Å². The van der Waals surface area contributed by atoms with Gasteiger partial charge in [0.15, 0.2) is 0 Å². The van der Waals surface area contributed by atoms with Crippen LogP contribution in [0.3, 0.4) is 0 Å². The van der Waals surface area contributed by atoms with Crippen LogP contribution in [0.4, 0.5) is 0 Å². The third-order valence-electron chi connectivity index (χ3n) is 5.59. The lowest BCUT2D eigenvalue weighted by Gasteiger charge is -2.65. The van der Waals surface area contributed by atoms with Gasteiger partial charge in [-0.15, -0.1) is 0 Å². The monoisotopic (exact) mass is 246 g/mol. The minimum atomic E-state index is 0.415. The first-order valence-corrected chi connectivity index (χ1v) is 7.59. The largest absolute Gasteiger partial charge is 0.311 e. The molecular formula is C16H26N2. The van der Waals surface area contributed by atoms with Crippen molar-refractivity contribution in [3.05, 3.63) is 0 Å². The van der Waals surface area contributed by atoms with Crippen LogP contribution < -0.4 is 5.32 Å². The Bertz CT molecular complexity index is 363. The summed E-state index contributed by atoms with van der Waals surface area (Å²) >= 11 is 0. The van der Waals surface area contributed by atoms with Crippen molar-refractivity contribution in [1.29, 1.82) is 5.26 Å². The molecule has 0 aromatic carbocycles. The van der Waals surface area contributed by atoms with Crippen molar-refractivity contribution < 1.29 is 0 Å². The van der Waals surface area contributed by atoms with Gasteiger partial charge in [0.1, 0.15) is 0 Å². The number of hydrogen-bond acceptors (Lipinski definition) is 2. The van der Waals surface area contributed by atoms with Crippen molar-refractivity contribution in [2.75, 3.05) is 6.54 Å². The molecular weight excluding hydrogens is 220 g/mol. The maximum absolute atomic E-state index is 8.63. The number of rotatable bonds is 4. The number of nitrogens with zero attached hydrogens (tertiary/aromatic N) is 1. The second-order valence-electron chi connectivity index (χ2n) is 8.10. The predicted molar refractivity (Wildman–Crippen MR) is 73.0 cm³/mol. The zero-order chi connectivity index (χ0) is 12.9. The minimum absolute atomic E-state index is 0.415. The molecule has 100 valence electrons. The lowest BCUT2D eigenvalue weighted by Crippen LogP contribution is -2.64. The van der Waals surface area contributed by atoms with E-state index in [0.717, 1.165) is 18.9 Å². The molecule has 0 aromatic heterocycles. The normalized spacial score (nSPS) is 49.3. The van der Waals surface area contributed by atoms with E-state index >= 15 is 0 Å². The van der Waals surface area contributed by atoms with Gasteiger partial charge < -0.3 is 5.32 Å². The van der Waals surface area contributed by atoms with E-state index in [1.54, 1.807) is 0 Å². The van der Waals surface area contributed by atoms with E-state index in [0.29, 0.717) is 22.8 Å². The maximum atomic E-state index is 8.63. The van der Waals surface area contributed by atoms with Crippen molar-refractivity contribution in [2.45, 2.75) is 70.8 Å². The van der Waals surface area contributed by atoms with Crippen molar-refractivity contribution in [2.24, 2.45) is 16.7 Å². The number of nitriles is 1. The Hall–Kier alpha value is -0.550. The van der Waals surface area contributed by atoms with Crippen LogP contribution in [-0.4, -0.2) is 12.1 Å². The van der Waals surface area contributed by atoms with Crippen LogP contribution in [0.5, 0.6) is 0 Å². The Morgan fingerprint density at radius 3 is 2.33 bits per heavy atom. The summed E-state index contributed by atoms with van der Waals surface area (Å²) in [5.41, 5.74) is 1.60. The van der Waals surface area contributed by atoms with Gasteiger partial charge in [-0.1, -0.05) is 13.8 Å². The van der Waals surface area contributed by atoms with Crippen LogP contribution in [0, 0.1) is 28.1 Å². The Morgan fingerprint density at radius 2 is 1.78 bits per heavy atom. The standard InChI is InChI=1S/C16H26N2/c1-14-7-13-8-15(2,10-14)12-16(9-13,11-14)18-6-4-3-5-17/h13,18H,3-4,6-12H2,1-2H3. The third kappa shape index (κ3) is 2.07. The highest BCUT2D eigenvalue weighted by Crippen LogP contribution is 2.66. The molecule has 4 bridgehead atoms. The molecule has 0 radical (unpaired) electrons. The van der Waals surface area contributed by atoms with Crippen molar-refractivity contribution in [1.82, 2.24) is 5.32 Å². The van der Waals surface area contributed by atoms with Gasteiger partial charge in [0, 0.05) is 12.0 Å². The zero-order valence-electron chi connectivity index (χ0n) is 11.9. The number of nitrogens with one attached hydrogen (secondary N) is 1. The molecule has 2 nitrogen and oxygen atoms in total. The van der Waals surface area contributed by atoms with Gasteiger partial charge in [0.2, 0.25) is 0 Å². The summed E-state index contributed by atoms with van der Waals surface area (Å²) in [6.07, 6.45) is 10.2. The molecule has 2 heteroatoms. The van der Waals surface area contributed by atoms with Gasteiger partial charge >= 0.3 is 0 Å². The minimum Gasteiger partial charge on any atom is -0.311 e. The lowest BCUT2D eigenvalue weighted by molar-refractivity contribution is -0.117. The fourth-order valence-corrected chi connectivity index (χ4v) is 6.17. The van der Waals surface area contributed by atoms with Crippen LogP contribution in [0.1, 0.15) is 65.2 Å². The van der Waals surface area contributed by atoms with Crippen molar-refractivity contribution >= 4 is 0 Å². The third-order valence-corrected chi connectivity index (χ3v) is 5.59. The summed E-state index contributed by atoms with van der Waals surface area (Å²) in [7, 11) is 0. The van der Waals surface area contributed by atoms with Crippen LogP contribution in [0.2, 0.25) is 0 Å². The molecule has 0 aliphatic heterocycles. The molecule has 0 amide bonds. The number of hydrogen-bond donors (Lipinski definition) is 1. The van der Waals surface area contributed by atoms with E-state index in [9.17, 15) is 0 Å². The molecule has 2 unspecified atom stereocenters. The van der Waals surface area contributed by atoms with Crippen LogP contribution in [0.25, 0.3) is 0 Å². The Morgan fingerprint density at radius 1 is 1.11 bits per heavy atom. The van der Waals surface area contributed by atoms with Gasteiger partial charge in [-0.05, 0) is 68.2 Å². The summed E-state index contributed by atoms with van der Waals surface area (Å²) < 4.78 is 0. The number of unbranched alkanes of at least 4 members (excludes halogenated alkanes) is 1. The van der Waals surface area contributed by atoms with Gasteiger partial charge in [-0.3, -0.25) is 0 Å².